The van der Waals surface area contributed by atoms with Gasteiger partial charge in [-0.15, -0.1) is 23.2 Å². The molecule has 6 rings (SSSR count). The number of methoxy groups -OCH3 is 5. The van der Waals surface area contributed by atoms with Gasteiger partial charge in [-0.2, -0.15) is 0 Å². The van der Waals surface area contributed by atoms with E-state index < -0.39 is 0 Å². The smallest absolute Gasteiger partial charge is 1.00 e. The Morgan fingerprint density at radius 3 is 0.648 bits per heavy atom. The summed E-state index contributed by atoms with van der Waals surface area (Å²) in [5, 5.41) is 7.00. The van der Waals surface area contributed by atoms with Crippen LogP contribution in [0.25, 0.3) is 0 Å². The molecule has 0 aliphatic rings. The van der Waals surface area contributed by atoms with Crippen molar-refractivity contribution in [1.29, 1.82) is 0 Å². The van der Waals surface area contributed by atoms with Crippen molar-refractivity contribution >= 4 is 41.1 Å². The average molecular weight is 1280 g/mol. The van der Waals surface area contributed by atoms with Gasteiger partial charge >= 0.3 is 47.5 Å². The molecule has 0 saturated carbocycles. The van der Waals surface area contributed by atoms with E-state index in [9.17, 15) is 14.4 Å². The zero-order valence-electron chi connectivity index (χ0n) is 58.0. The third kappa shape index (κ3) is 37.5. The number of esters is 3. The van der Waals surface area contributed by atoms with Crippen LogP contribution in [0.3, 0.4) is 0 Å². The number of aliphatic hydroxyl groups is 1. The SMILES string of the molecule is CC.CCCl.CCCl.CCOCCOC.CCOCCOC.CO.COc1ccc(C(C)(C)c2ccc(OC(C)=O)cc2)cc1.COc1ccc(C(C)(C)c2ccc(OC(C)=O)cc2)cc1.COc1ccc(C(C)(C)c2ccc(OC(C)=O)cc2)cc1.[H-].[Na+]. The summed E-state index contributed by atoms with van der Waals surface area (Å²) in [6, 6.07) is 47.0. The van der Waals surface area contributed by atoms with Gasteiger partial charge in [-0.25, -0.2) is 0 Å². The summed E-state index contributed by atoms with van der Waals surface area (Å²) in [6.45, 7) is 33.3. The quantitative estimate of drug-likeness (QED) is 0.0252. The zero-order valence-corrected chi connectivity index (χ0v) is 60.5. The van der Waals surface area contributed by atoms with Gasteiger partial charge in [0.15, 0.2) is 0 Å². The Kier molecular flexibility index (Phi) is 53.9. The van der Waals surface area contributed by atoms with E-state index in [0.29, 0.717) is 43.7 Å². The molecular weight excluding hydrogens is 1170 g/mol. The first-order valence-electron chi connectivity index (χ1n) is 29.0. The predicted molar refractivity (Wildman–Crippen MR) is 359 cm³/mol. The first kappa shape index (κ1) is 88.9. The number of aliphatic hydroxyl groups excluding tert-OH is 1. The molecule has 0 heterocycles. The summed E-state index contributed by atoms with van der Waals surface area (Å²) in [5.74, 6) is 4.76. The number of alkyl halides is 2. The van der Waals surface area contributed by atoms with Crippen LogP contribution in [-0.2, 0) is 49.6 Å². The number of benzene rings is 6. The number of hydrogen-bond acceptors (Lipinski definition) is 14. The summed E-state index contributed by atoms with van der Waals surface area (Å²) < 4.78 is 50.1. The summed E-state index contributed by atoms with van der Waals surface area (Å²) in [4.78, 5) is 32.8. The van der Waals surface area contributed by atoms with E-state index in [-0.39, 0.29) is 65.1 Å². The standard InChI is InChI=1S/3C18H20O3.2C5H12O2.2C2H5Cl.C2H6.CH4O.Na.H/c3*1-13(19)21-17-11-7-15(8-12-17)18(2,3)14-5-9-16(20-4)10-6-14;2*1-3-7-5-4-6-2;2*1-2-3;2*1-2;;/h3*5-12H,1-4H3;2*3-5H2,1-2H3;2*2H2,1H3;1-2H3;2H,1H3;;/q;;;;;;;;;+1;-1. The van der Waals surface area contributed by atoms with Crippen LogP contribution < -0.4 is 58.0 Å². The second-order valence-electron chi connectivity index (χ2n) is 19.3. The Morgan fingerprint density at radius 1 is 0.364 bits per heavy atom. The van der Waals surface area contributed by atoms with Crippen LogP contribution in [0.1, 0.15) is 139 Å². The zero-order chi connectivity index (χ0) is 66.9. The van der Waals surface area contributed by atoms with Crippen LogP contribution in [0.2, 0.25) is 0 Å². The number of rotatable bonds is 20. The molecule has 0 amide bonds. The molecule has 0 bridgehead atoms. The fourth-order valence-electron chi connectivity index (χ4n) is 7.41. The third-order valence-electron chi connectivity index (χ3n) is 12.2. The minimum absolute atomic E-state index is 0. The first-order valence-corrected chi connectivity index (χ1v) is 30.0. The Labute approximate surface area is 562 Å². The molecule has 0 fully saturated rings. The van der Waals surface area contributed by atoms with Gasteiger partial charge in [-0.05, 0) is 120 Å². The molecule has 88 heavy (non-hydrogen) atoms. The van der Waals surface area contributed by atoms with Crippen molar-refractivity contribution < 1.29 is 97.8 Å². The fourth-order valence-corrected chi connectivity index (χ4v) is 7.41. The van der Waals surface area contributed by atoms with Crippen LogP contribution in [0.4, 0.5) is 0 Å². The predicted octanol–water partition coefficient (Wildman–Crippen LogP) is 13.4. The molecule has 0 unspecified atom stereocenters. The van der Waals surface area contributed by atoms with E-state index in [0.717, 1.165) is 66.0 Å². The van der Waals surface area contributed by atoms with Crippen molar-refractivity contribution in [2.75, 3.05) is 94.1 Å². The maximum atomic E-state index is 10.9. The van der Waals surface area contributed by atoms with Gasteiger partial charge < -0.3 is 53.9 Å². The monoisotopic (exact) mass is 1270 g/mol. The molecule has 6 aromatic rings. The normalized spacial score (nSPS) is 9.95. The molecule has 0 aliphatic heterocycles. The van der Waals surface area contributed by atoms with Crippen molar-refractivity contribution in [3.63, 3.8) is 0 Å². The van der Waals surface area contributed by atoms with Gasteiger partial charge in [0, 0.05) is 83.3 Å². The molecule has 14 nitrogen and oxygen atoms in total. The Morgan fingerprint density at radius 2 is 0.523 bits per heavy atom. The van der Waals surface area contributed by atoms with Gasteiger partial charge in [0.25, 0.3) is 0 Å². The number of ether oxygens (including phenoxy) is 10. The number of carbonyl (C=O) groups excluding carboxylic acids is 3. The summed E-state index contributed by atoms with van der Waals surface area (Å²) in [5.41, 5.74) is 6.65. The Balaban J connectivity index is -0.000000332. The molecule has 6 aromatic carbocycles. The molecule has 488 valence electrons. The van der Waals surface area contributed by atoms with Crippen LogP contribution in [0.5, 0.6) is 34.5 Å². The maximum Gasteiger partial charge on any atom is 1.00 e. The molecule has 0 spiro atoms. The molecule has 0 radical (unpaired) electrons. The molecule has 0 aromatic heterocycles. The minimum atomic E-state index is -0.308. The van der Waals surface area contributed by atoms with E-state index in [1.807, 2.05) is 151 Å². The fraction of sp³-hybridized carbons (Fsp3) is 0.451. The Bertz CT molecular complexity index is 2340. The average Bonchev–Trinajstić information content (AvgIpc) is 3.03. The van der Waals surface area contributed by atoms with Crippen molar-refractivity contribution in [2.45, 2.75) is 120 Å². The van der Waals surface area contributed by atoms with E-state index in [1.54, 1.807) is 35.5 Å². The van der Waals surface area contributed by atoms with Crippen molar-refractivity contribution in [3.05, 3.63) is 179 Å². The summed E-state index contributed by atoms with van der Waals surface area (Å²) in [6.07, 6.45) is 0. The second kappa shape index (κ2) is 53.4. The Hall–Kier alpha value is -5.49. The van der Waals surface area contributed by atoms with Crippen molar-refractivity contribution in [2.24, 2.45) is 0 Å². The molecule has 17 heteroatoms. The number of carbonyl (C=O) groups is 3. The topological polar surface area (TPSA) is 164 Å². The largest absolute Gasteiger partial charge is 1.00 e. The first-order chi connectivity index (χ1) is 41.4. The number of halogens is 2. The van der Waals surface area contributed by atoms with Gasteiger partial charge in [-0.1, -0.05) is 142 Å². The van der Waals surface area contributed by atoms with Crippen LogP contribution in [0, 0.1) is 0 Å². The summed E-state index contributed by atoms with van der Waals surface area (Å²) in [7, 11) is 9.31. The van der Waals surface area contributed by atoms with E-state index >= 15 is 0 Å². The maximum absolute atomic E-state index is 10.9. The second-order valence-corrected chi connectivity index (χ2v) is 20.4. The van der Waals surface area contributed by atoms with Crippen LogP contribution in [-0.4, -0.2) is 117 Å². The molecule has 1 N–H and O–H groups in total. The van der Waals surface area contributed by atoms with E-state index in [1.165, 1.54) is 37.5 Å². The van der Waals surface area contributed by atoms with Crippen molar-refractivity contribution in [3.8, 4) is 34.5 Å². The molecule has 0 atom stereocenters. The molecule has 0 aliphatic carbocycles. The van der Waals surface area contributed by atoms with Crippen molar-refractivity contribution in [1.82, 2.24) is 0 Å². The van der Waals surface area contributed by atoms with Crippen LogP contribution in [0.15, 0.2) is 146 Å². The van der Waals surface area contributed by atoms with Gasteiger partial charge in [0.2, 0.25) is 0 Å². The third-order valence-corrected chi connectivity index (χ3v) is 12.2. The minimum Gasteiger partial charge on any atom is -1.00 e. The van der Waals surface area contributed by atoms with Gasteiger partial charge in [0.05, 0.1) is 47.8 Å². The molecular formula is C71H105Cl2NaO14. The van der Waals surface area contributed by atoms with Crippen LogP contribution >= 0.6 is 23.2 Å². The van der Waals surface area contributed by atoms with E-state index in [2.05, 4.69) is 77.9 Å². The van der Waals surface area contributed by atoms with Gasteiger partial charge in [-0.3, -0.25) is 14.4 Å². The van der Waals surface area contributed by atoms with Gasteiger partial charge in [0.1, 0.15) is 34.5 Å². The molecule has 0 saturated heterocycles. The number of hydrogen-bond donors (Lipinski definition) is 1. The summed E-state index contributed by atoms with van der Waals surface area (Å²) >= 11 is 10.00. The van der Waals surface area contributed by atoms with E-state index in [4.69, 9.17) is 75.7 Å².